The van der Waals surface area contributed by atoms with Crippen LogP contribution in [0.4, 0.5) is 5.82 Å². The Morgan fingerprint density at radius 2 is 2.11 bits per heavy atom. The van der Waals surface area contributed by atoms with E-state index in [1.54, 1.807) is 14.0 Å². The van der Waals surface area contributed by atoms with Crippen molar-refractivity contribution in [3.8, 4) is 5.75 Å². The number of hydrogen-bond acceptors (Lipinski definition) is 7. The number of thioether (sulfide) groups is 1. The van der Waals surface area contributed by atoms with E-state index >= 15 is 0 Å². The molecule has 1 aromatic heterocycles. The summed E-state index contributed by atoms with van der Waals surface area (Å²) in [6.07, 6.45) is 0.969. The Labute approximate surface area is 167 Å². The Hall–Kier alpha value is -2.74. The predicted molar refractivity (Wildman–Crippen MR) is 109 cm³/mol. The summed E-state index contributed by atoms with van der Waals surface area (Å²) >= 11 is 1.49. The number of esters is 1. The van der Waals surface area contributed by atoms with Crippen molar-refractivity contribution < 1.29 is 14.3 Å². The molecular formula is C20H23N3O4S. The molecule has 0 radical (unpaired) electrons. The van der Waals surface area contributed by atoms with Crippen LogP contribution in [-0.4, -0.2) is 35.9 Å². The van der Waals surface area contributed by atoms with E-state index in [9.17, 15) is 9.59 Å². The average molecular weight is 401 g/mol. The quantitative estimate of drug-likeness (QED) is 0.436. The molecule has 0 unspecified atom stereocenters. The van der Waals surface area contributed by atoms with Gasteiger partial charge in [0.25, 0.3) is 5.56 Å². The Bertz CT molecular complexity index is 984. The van der Waals surface area contributed by atoms with Crippen molar-refractivity contribution >= 4 is 23.5 Å². The molecule has 0 amide bonds. The third-order valence-electron chi connectivity index (χ3n) is 4.50. The number of ether oxygens (including phenoxy) is 2. The summed E-state index contributed by atoms with van der Waals surface area (Å²) in [4.78, 5) is 33.0. The number of hydrogen-bond donors (Lipinski definition) is 2. The molecule has 1 aromatic carbocycles. The van der Waals surface area contributed by atoms with E-state index < -0.39 is 11.9 Å². The highest BCUT2D eigenvalue weighted by Crippen LogP contribution is 2.40. The Morgan fingerprint density at radius 3 is 2.79 bits per heavy atom. The number of carbonyl (C=O) groups excluding carboxylic acids is 1. The van der Waals surface area contributed by atoms with Gasteiger partial charge in [-0.05, 0) is 31.0 Å². The predicted octanol–water partition coefficient (Wildman–Crippen LogP) is 3.29. The van der Waals surface area contributed by atoms with Crippen molar-refractivity contribution in [1.29, 1.82) is 0 Å². The second-order valence-electron chi connectivity index (χ2n) is 6.35. The minimum atomic E-state index is -0.611. The fourth-order valence-electron chi connectivity index (χ4n) is 3.23. The Kier molecular flexibility index (Phi) is 6.08. The van der Waals surface area contributed by atoms with Crippen LogP contribution in [0.1, 0.15) is 37.3 Å². The van der Waals surface area contributed by atoms with Gasteiger partial charge >= 0.3 is 5.97 Å². The summed E-state index contributed by atoms with van der Waals surface area (Å²) in [5.74, 6) is 0.843. The molecule has 0 fully saturated rings. The first kappa shape index (κ1) is 20.0. The molecule has 1 aliphatic heterocycles. The molecule has 0 spiro atoms. The van der Waals surface area contributed by atoms with Gasteiger partial charge < -0.3 is 19.8 Å². The van der Waals surface area contributed by atoms with Crippen LogP contribution < -0.4 is 15.6 Å². The molecule has 0 saturated heterocycles. The van der Waals surface area contributed by atoms with Gasteiger partial charge in [0, 0.05) is 11.4 Å². The van der Waals surface area contributed by atoms with Gasteiger partial charge in [0.15, 0.2) is 5.16 Å². The maximum Gasteiger partial charge on any atom is 0.336 e. The summed E-state index contributed by atoms with van der Waals surface area (Å²) in [5, 5.41) is 3.67. The second kappa shape index (κ2) is 8.52. The minimum absolute atomic E-state index is 0.280. The van der Waals surface area contributed by atoms with Crippen LogP contribution in [0, 0.1) is 0 Å². The zero-order chi connectivity index (χ0) is 20.3. The van der Waals surface area contributed by atoms with E-state index in [0.29, 0.717) is 33.6 Å². The van der Waals surface area contributed by atoms with Gasteiger partial charge in [-0.25, -0.2) is 9.78 Å². The number of H-pyrrole nitrogens is 1. The number of anilines is 1. The van der Waals surface area contributed by atoms with Crippen LogP contribution in [0.15, 0.2) is 45.5 Å². The highest BCUT2D eigenvalue weighted by molar-refractivity contribution is 7.99. The first-order chi connectivity index (χ1) is 13.5. The molecule has 2 heterocycles. The van der Waals surface area contributed by atoms with Crippen LogP contribution in [-0.2, 0) is 9.53 Å². The van der Waals surface area contributed by atoms with E-state index in [1.807, 2.05) is 24.3 Å². The third kappa shape index (κ3) is 3.77. The van der Waals surface area contributed by atoms with Gasteiger partial charge in [0.2, 0.25) is 0 Å². The zero-order valence-corrected chi connectivity index (χ0v) is 17.1. The Morgan fingerprint density at radius 1 is 1.32 bits per heavy atom. The molecule has 2 aromatic rings. The average Bonchev–Trinajstić information content (AvgIpc) is 2.70. The molecule has 148 valence electrons. The van der Waals surface area contributed by atoms with Crippen LogP contribution in [0.5, 0.6) is 5.75 Å². The number of benzene rings is 1. The van der Waals surface area contributed by atoms with Crippen LogP contribution in [0.25, 0.3) is 0 Å². The van der Waals surface area contributed by atoms with Crippen molar-refractivity contribution in [2.45, 2.75) is 31.3 Å². The normalized spacial score (nSPS) is 15.6. The number of nitrogens with one attached hydrogen (secondary N) is 2. The SMILES string of the molecule is CCCSc1nc2c(c(=O)[nH]1)[C@@H](c1cccc(OC)c1)C(C(=O)OC)=C(C)N2. The van der Waals surface area contributed by atoms with Crippen LogP contribution in [0.3, 0.4) is 0 Å². The standard InChI is InChI=1S/C20H23N3O4S/c1-5-9-28-20-22-17-16(18(24)23-20)15(12-7-6-8-13(10-12)26-3)14(11(2)21-17)19(25)27-4/h6-8,10,15H,5,9H2,1-4H3,(H2,21,22,23,24)/t15-/m0/s1. The van der Waals surface area contributed by atoms with E-state index in [4.69, 9.17) is 9.47 Å². The number of methoxy groups -OCH3 is 2. The fraction of sp³-hybridized carbons (Fsp3) is 0.350. The van der Waals surface area contributed by atoms with Crippen LogP contribution >= 0.6 is 11.8 Å². The van der Waals surface area contributed by atoms with Gasteiger partial charge in [-0.15, -0.1) is 0 Å². The van der Waals surface area contributed by atoms with Crippen molar-refractivity contribution in [3.05, 3.63) is 57.0 Å². The molecule has 8 heteroatoms. The lowest BCUT2D eigenvalue weighted by molar-refractivity contribution is -0.136. The fourth-order valence-corrected chi connectivity index (χ4v) is 3.95. The van der Waals surface area contributed by atoms with Gasteiger partial charge in [0.1, 0.15) is 11.6 Å². The highest BCUT2D eigenvalue weighted by atomic mass is 32.2. The first-order valence-electron chi connectivity index (χ1n) is 8.97. The number of fused-ring (bicyclic) bond motifs is 1. The van der Waals surface area contributed by atoms with E-state index in [-0.39, 0.29) is 5.56 Å². The molecule has 3 rings (SSSR count). The molecule has 1 atom stereocenters. The number of aromatic nitrogens is 2. The molecule has 7 nitrogen and oxygen atoms in total. The van der Waals surface area contributed by atoms with E-state index in [0.717, 1.165) is 17.7 Å². The molecule has 28 heavy (non-hydrogen) atoms. The lowest BCUT2D eigenvalue weighted by Gasteiger charge is -2.28. The molecule has 0 aliphatic carbocycles. The number of carbonyl (C=O) groups is 1. The summed E-state index contributed by atoms with van der Waals surface area (Å²) < 4.78 is 10.3. The highest BCUT2D eigenvalue weighted by Gasteiger charge is 2.36. The van der Waals surface area contributed by atoms with Crippen molar-refractivity contribution in [1.82, 2.24) is 9.97 Å². The summed E-state index contributed by atoms with van der Waals surface area (Å²) in [5.41, 5.74) is 1.85. The lowest BCUT2D eigenvalue weighted by atomic mass is 9.82. The van der Waals surface area contributed by atoms with Gasteiger partial charge in [0.05, 0.1) is 31.3 Å². The summed E-state index contributed by atoms with van der Waals surface area (Å²) in [6.45, 7) is 3.85. The lowest BCUT2D eigenvalue weighted by Crippen LogP contribution is -2.31. The molecule has 2 N–H and O–H groups in total. The van der Waals surface area contributed by atoms with Crippen LogP contribution in [0.2, 0.25) is 0 Å². The molecular weight excluding hydrogens is 378 g/mol. The summed E-state index contributed by atoms with van der Waals surface area (Å²) in [6, 6.07) is 7.31. The maximum atomic E-state index is 13.0. The van der Waals surface area contributed by atoms with Gasteiger partial charge in [-0.3, -0.25) is 4.79 Å². The number of allylic oxidation sites excluding steroid dienone is 1. The van der Waals surface area contributed by atoms with Crippen molar-refractivity contribution in [3.63, 3.8) is 0 Å². The zero-order valence-electron chi connectivity index (χ0n) is 16.3. The topological polar surface area (TPSA) is 93.3 Å². The summed E-state index contributed by atoms with van der Waals surface area (Å²) in [7, 11) is 2.90. The van der Waals surface area contributed by atoms with E-state index in [2.05, 4.69) is 22.2 Å². The van der Waals surface area contributed by atoms with Gasteiger partial charge in [-0.1, -0.05) is 30.8 Å². The van der Waals surface area contributed by atoms with Crippen molar-refractivity contribution in [2.24, 2.45) is 0 Å². The maximum absolute atomic E-state index is 13.0. The van der Waals surface area contributed by atoms with Gasteiger partial charge in [-0.2, -0.15) is 0 Å². The van der Waals surface area contributed by atoms with E-state index in [1.165, 1.54) is 18.9 Å². The van der Waals surface area contributed by atoms with Crippen molar-refractivity contribution in [2.75, 3.05) is 25.3 Å². The largest absolute Gasteiger partial charge is 0.497 e. The third-order valence-corrected chi connectivity index (χ3v) is 5.58. The Balaban J connectivity index is 2.21. The number of rotatable bonds is 6. The first-order valence-corrected chi connectivity index (χ1v) is 9.95. The monoisotopic (exact) mass is 401 g/mol. The minimum Gasteiger partial charge on any atom is -0.497 e. The molecule has 0 saturated carbocycles. The smallest absolute Gasteiger partial charge is 0.336 e. The second-order valence-corrected chi connectivity index (χ2v) is 7.43. The molecule has 0 bridgehead atoms. The number of aromatic amines is 1. The number of nitrogens with zero attached hydrogens (tertiary/aromatic N) is 1. The molecule has 1 aliphatic rings.